The van der Waals surface area contributed by atoms with Crippen molar-refractivity contribution >= 4 is 17.3 Å². The van der Waals surface area contributed by atoms with Crippen molar-refractivity contribution in [2.75, 3.05) is 5.73 Å². The minimum Gasteiger partial charge on any atom is -0.399 e. The molecule has 106 valence electrons. The second-order valence-electron chi connectivity index (χ2n) is 4.63. The second-order valence-corrected chi connectivity index (χ2v) is 5.03. The number of nitrogens with zero attached hydrogens (tertiary/aromatic N) is 2. The first kappa shape index (κ1) is 13.6. The number of benzene rings is 2. The van der Waals surface area contributed by atoms with Crippen LogP contribution in [0.25, 0.3) is 22.8 Å². The molecule has 0 aliphatic rings. The maximum Gasteiger partial charge on any atom is 0.259 e. The molecule has 2 N–H and O–H groups in total. The molecule has 6 heteroatoms. The average Bonchev–Trinajstić information content (AvgIpc) is 2.91. The number of halogens is 2. The van der Waals surface area contributed by atoms with Gasteiger partial charge in [-0.05, 0) is 36.8 Å². The zero-order valence-corrected chi connectivity index (χ0v) is 11.9. The second kappa shape index (κ2) is 5.18. The summed E-state index contributed by atoms with van der Waals surface area (Å²) in [5.74, 6) is 0.247. The van der Waals surface area contributed by atoms with Crippen molar-refractivity contribution in [3.63, 3.8) is 0 Å². The SMILES string of the molecule is Cc1ccc(-c2noc(-c3ccc(N)cc3Cl)n2)cc1F. The number of nitrogens with two attached hydrogens (primary N) is 1. The molecule has 0 fully saturated rings. The zero-order valence-electron chi connectivity index (χ0n) is 11.1. The molecule has 0 bridgehead atoms. The Morgan fingerprint density at radius 1 is 1.19 bits per heavy atom. The first-order chi connectivity index (χ1) is 10.0. The van der Waals surface area contributed by atoms with E-state index in [1.54, 1.807) is 37.3 Å². The van der Waals surface area contributed by atoms with Gasteiger partial charge in [0.2, 0.25) is 5.82 Å². The number of rotatable bonds is 2. The third kappa shape index (κ3) is 2.60. The molecule has 0 radical (unpaired) electrons. The molecule has 4 nitrogen and oxygen atoms in total. The summed E-state index contributed by atoms with van der Waals surface area (Å²) in [5, 5.41) is 4.27. The van der Waals surface area contributed by atoms with E-state index in [4.69, 9.17) is 21.9 Å². The van der Waals surface area contributed by atoms with Gasteiger partial charge in [0, 0.05) is 11.3 Å². The molecule has 2 aromatic carbocycles. The highest BCUT2D eigenvalue weighted by molar-refractivity contribution is 6.33. The van der Waals surface area contributed by atoms with Crippen molar-refractivity contribution in [1.82, 2.24) is 10.1 Å². The van der Waals surface area contributed by atoms with Crippen LogP contribution in [0.5, 0.6) is 0 Å². The Morgan fingerprint density at radius 2 is 2.00 bits per heavy atom. The first-order valence-corrected chi connectivity index (χ1v) is 6.58. The van der Waals surface area contributed by atoms with E-state index in [1.165, 1.54) is 6.07 Å². The maximum atomic E-state index is 13.6. The molecular weight excluding hydrogens is 293 g/mol. The molecule has 3 aromatic rings. The lowest BCUT2D eigenvalue weighted by Crippen LogP contribution is -1.87. The molecule has 0 aliphatic heterocycles. The van der Waals surface area contributed by atoms with Crippen molar-refractivity contribution in [2.45, 2.75) is 6.92 Å². The lowest BCUT2D eigenvalue weighted by Gasteiger charge is -1.99. The highest BCUT2D eigenvalue weighted by atomic mass is 35.5. The van der Waals surface area contributed by atoms with Crippen molar-refractivity contribution in [1.29, 1.82) is 0 Å². The molecular formula is C15H11ClFN3O. The Hall–Kier alpha value is -2.40. The molecule has 0 unspecified atom stereocenters. The minimum atomic E-state index is -0.315. The number of nitrogen functional groups attached to an aromatic ring is 1. The molecule has 0 amide bonds. The molecule has 0 saturated heterocycles. The van der Waals surface area contributed by atoms with Gasteiger partial charge >= 0.3 is 0 Å². The van der Waals surface area contributed by atoms with E-state index in [0.717, 1.165) is 0 Å². The van der Waals surface area contributed by atoms with Crippen molar-refractivity contribution in [3.05, 3.63) is 52.8 Å². The van der Waals surface area contributed by atoms with Gasteiger partial charge in [0.25, 0.3) is 5.89 Å². The predicted octanol–water partition coefficient (Wildman–Crippen LogP) is 4.09. The van der Waals surface area contributed by atoms with Crippen LogP contribution in [0.15, 0.2) is 40.9 Å². The Morgan fingerprint density at radius 3 is 2.71 bits per heavy atom. The van der Waals surface area contributed by atoms with Crippen LogP contribution in [0, 0.1) is 12.7 Å². The fourth-order valence-electron chi connectivity index (χ4n) is 1.89. The summed E-state index contributed by atoms with van der Waals surface area (Å²) >= 11 is 6.10. The van der Waals surface area contributed by atoms with Crippen molar-refractivity contribution in [3.8, 4) is 22.8 Å². The van der Waals surface area contributed by atoms with Gasteiger partial charge in [-0.25, -0.2) is 4.39 Å². The molecule has 0 aliphatic carbocycles. The largest absolute Gasteiger partial charge is 0.399 e. The minimum absolute atomic E-state index is 0.260. The quantitative estimate of drug-likeness (QED) is 0.724. The van der Waals surface area contributed by atoms with Crippen LogP contribution in [0.3, 0.4) is 0 Å². The smallest absolute Gasteiger partial charge is 0.259 e. The van der Waals surface area contributed by atoms with Crippen LogP contribution >= 0.6 is 11.6 Å². The molecule has 21 heavy (non-hydrogen) atoms. The summed E-state index contributed by atoms with van der Waals surface area (Å²) in [7, 11) is 0. The van der Waals surface area contributed by atoms with Gasteiger partial charge in [0.15, 0.2) is 0 Å². The van der Waals surface area contributed by atoms with Crippen LogP contribution < -0.4 is 5.73 Å². The third-order valence-corrected chi connectivity index (χ3v) is 3.39. The van der Waals surface area contributed by atoms with Gasteiger partial charge in [-0.1, -0.05) is 28.9 Å². The molecule has 1 aromatic heterocycles. The average molecular weight is 304 g/mol. The Bertz CT molecular complexity index is 816. The summed E-state index contributed by atoms with van der Waals surface area (Å²) in [6, 6.07) is 9.76. The first-order valence-electron chi connectivity index (χ1n) is 6.20. The lowest BCUT2D eigenvalue weighted by atomic mass is 10.1. The molecule has 1 heterocycles. The van der Waals surface area contributed by atoms with E-state index in [1.807, 2.05) is 0 Å². The summed E-state index contributed by atoms with van der Waals surface area (Å²) in [6.45, 7) is 1.69. The topological polar surface area (TPSA) is 64.9 Å². The van der Waals surface area contributed by atoms with Gasteiger partial charge in [0.1, 0.15) is 5.82 Å². The number of aryl methyl sites for hydroxylation is 1. The Labute approximate surface area is 125 Å². The van der Waals surface area contributed by atoms with E-state index in [9.17, 15) is 4.39 Å². The standard InChI is InChI=1S/C15H11ClFN3O/c1-8-2-3-9(6-13(8)17)14-19-15(21-20-14)11-5-4-10(18)7-12(11)16/h2-7H,18H2,1H3. The molecule has 0 spiro atoms. The number of aromatic nitrogens is 2. The van der Waals surface area contributed by atoms with E-state index < -0.39 is 0 Å². The van der Waals surface area contributed by atoms with Gasteiger partial charge in [-0.15, -0.1) is 0 Å². The number of hydrogen-bond donors (Lipinski definition) is 1. The third-order valence-electron chi connectivity index (χ3n) is 3.08. The number of anilines is 1. The van der Waals surface area contributed by atoms with Gasteiger partial charge < -0.3 is 10.3 Å². The van der Waals surface area contributed by atoms with Crippen LogP contribution in [-0.2, 0) is 0 Å². The van der Waals surface area contributed by atoms with Gasteiger partial charge in [0.05, 0.1) is 10.6 Å². The Kier molecular flexibility index (Phi) is 3.35. The lowest BCUT2D eigenvalue weighted by molar-refractivity contribution is 0.432. The van der Waals surface area contributed by atoms with Crippen molar-refractivity contribution in [2.24, 2.45) is 0 Å². The predicted molar refractivity (Wildman–Crippen MR) is 79.3 cm³/mol. The molecule has 3 rings (SSSR count). The van der Waals surface area contributed by atoms with E-state index in [-0.39, 0.29) is 11.7 Å². The normalized spacial score (nSPS) is 10.8. The molecule has 0 atom stereocenters. The van der Waals surface area contributed by atoms with E-state index in [0.29, 0.717) is 33.2 Å². The van der Waals surface area contributed by atoms with Crippen LogP contribution in [-0.4, -0.2) is 10.1 Å². The van der Waals surface area contributed by atoms with Crippen LogP contribution in [0.1, 0.15) is 5.56 Å². The summed E-state index contributed by atoms with van der Waals surface area (Å²) < 4.78 is 18.8. The fourth-order valence-corrected chi connectivity index (χ4v) is 2.16. The Balaban J connectivity index is 2.01. The number of hydrogen-bond acceptors (Lipinski definition) is 4. The molecule has 0 saturated carbocycles. The highest BCUT2D eigenvalue weighted by Gasteiger charge is 2.14. The summed E-state index contributed by atoms with van der Waals surface area (Å²) in [6.07, 6.45) is 0. The van der Waals surface area contributed by atoms with E-state index in [2.05, 4.69) is 10.1 Å². The van der Waals surface area contributed by atoms with Crippen LogP contribution in [0.4, 0.5) is 10.1 Å². The zero-order chi connectivity index (χ0) is 15.0. The van der Waals surface area contributed by atoms with Gasteiger partial charge in [-0.2, -0.15) is 4.98 Å². The maximum absolute atomic E-state index is 13.6. The fraction of sp³-hybridized carbons (Fsp3) is 0.0667. The highest BCUT2D eigenvalue weighted by Crippen LogP contribution is 2.30. The van der Waals surface area contributed by atoms with Gasteiger partial charge in [-0.3, -0.25) is 0 Å². The summed E-state index contributed by atoms with van der Waals surface area (Å²) in [5.41, 5.74) is 7.87. The monoisotopic (exact) mass is 303 g/mol. The van der Waals surface area contributed by atoms with Crippen LogP contribution in [0.2, 0.25) is 5.02 Å². The van der Waals surface area contributed by atoms with E-state index >= 15 is 0 Å². The summed E-state index contributed by atoms with van der Waals surface area (Å²) in [4.78, 5) is 4.24. The van der Waals surface area contributed by atoms with Crippen molar-refractivity contribution < 1.29 is 8.91 Å².